The van der Waals surface area contributed by atoms with Crippen LogP contribution < -0.4 is 5.32 Å². The fourth-order valence-electron chi connectivity index (χ4n) is 4.33. The Bertz CT molecular complexity index is 1170. The van der Waals surface area contributed by atoms with E-state index in [1.807, 2.05) is 30.7 Å². The summed E-state index contributed by atoms with van der Waals surface area (Å²) in [5, 5.41) is 3.29. The number of hydrogen-bond donors (Lipinski definition) is 1. The predicted octanol–water partition coefficient (Wildman–Crippen LogP) is 5.66. The van der Waals surface area contributed by atoms with E-state index in [4.69, 9.17) is 9.97 Å². The molecule has 3 aromatic heterocycles. The van der Waals surface area contributed by atoms with E-state index >= 15 is 0 Å². The molecule has 1 aromatic carbocycles. The quantitative estimate of drug-likeness (QED) is 0.429. The summed E-state index contributed by atoms with van der Waals surface area (Å²) in [5.74, 6) is 0.291. The number of nitrogens with zero attached hydrogens (tertiary/aromatic N) is 5. The van der Waals surface area contributed by atoms with Gasteiger partial charge in [0.05, 0.1) is 23.4 Å². The highest BCUT2D eigenvalue weighted by Crippen LogP contribution is 2.37. The van der Waals surface area contributed by atoms with E-state index in [0.29, 0.717) is 18.5 Å². The van der Waals surface area contributed by atoms with E-state index in [1.165, 1.54) is 31.4 Å². The number of pyridine rings is 1. The molecule has 1 N–H and O–H groups in total. The second kappa shape index (κ2) is 9.26. The van der Waals surface area contributed by atoms with Crippen molar-refractivity contribution in [2.75, 3.05) is 5.32 Å². The van der Waals surface area contributed by atoms with E-state index < -0.39 is 0 Å². The number of aromatic nitrogens is 5. The molecule has 1 aliphatic carbocycles. The lowest BCUT2D eigenvalue weighted by Crippen LogP contribution is -2.14. The standard InChI is InChI=1S/C25H25FN6/c26-20-10-8-19(9-11-20)23-24(32(17-30-23)21-6-2-1-3-7-21)22-12-14-28-25(31-22)29-16-18-5-4-13-27-15-18/h4-5,8-15,17,21H,1-3,6-7,16H2,(H,28,29,31). The average Bonchev–Trinajstić information content (AvgIpc) is 3.30. The molecule has 3 heterocycles. The minimum absolute atomic E-state index is 0.258. The number of halogens is 1. The molecular formula is C25H25FN6. The Hall–Kier alpha value is -3.61. The van der Waals surface area contributed by atoms with Crippen molar-refractivity contribution in [3.05, 3.63) is 78.8 Å². The fraction of sp³-hybridized carbons (Fsp3) is 0.280. The second-order valence-corrected chi connectivity index (χ2v) is 8.13. The van der Waals surface area contributed by atoms with Crippen LogP contribution in [0.5, 0.6) is 0 Å². The minimum Gasteiger partial charge on any atom is -0.350 e. The maximum absolute atomic E-state index is 13.5. The van der Waals surface area contributed by atoms with Crippen LogP contribution >= 0.6 is 0 Å². The summed E-state index contributed by atoms with van der Waals surface area (Å²) in [7, 11) is 0. The Morgan fingerprint density at radius 2 is 1.81 bits per heavy atom. The molecule has 162 valence electrons. The summed E-state index contributed by atoms with van der Waals surface area (Å²) in [6.07, 6.45) is 13.2. The zero-order valence-corrected chi connectivity index (χ0v) is 17.8. The van der Waals surface area contributed by atoms with Gasteiger partial charge in [0.2, 0.25) is 5.95 Å². The minimum atomic E-state index is -0.258. The number of hydrogen-bond acceptors (Lipinski definition) is 5. The summed E-state index contributed by atoms with van der Waals surface area (Å²) in [6, 6.07) is 12.7. The maximum atomic E-state index is 13.5. The van der Waals surface area contributed by atoms with Crippen molar-refractivity contribution >= 4 is 5.95 Å². The first kappa shape index (κ1) is 20.3. The summed E-state index contributed by atoms with van der Waals surface area (Å²) in [4.78, 5) is 18.1. The van der Waals surface area contributed by atoms with Crippen molar-refractivity contribution in [1.82, 2.24) is 24.5 Å². The monoisotopic (exact) mass is 428 g/mol. The molecule has 4 aromatic rings. The normalized spacial score (nSPS) is 14.4. The van der Waals surface area contributed by atoms with Crippen molar-refractivity contribution in [3.8, 4) is 22.6 Å². The van der Waals surface area contributed by atoms with Crippen LogP contribution in [0.15, 0.2) is 67.4 Å². The van der Waals surface area contributed by atoms with Crippen LogP contribution in [0, 0.1) is 5.82 Å². The van der Waals surface area contributed by atoms with Gasteiger partial charge >= 0.3 is 0 Å². The van der Waals surface area contributed by atoms with E-state index in [-0.39, 0.29) is 5.82 Å². The molecule has 6 nitrogen and oxygen atoms in total. The highest BCUT2D eigenvalue weighted by Gasteiger charge is 2.23. The zero-order chi connectivity index (χ0) is 21.8. The van der Waals surface area contributed by atoms with Gasteiger partial charge in [-0.05, 0) is 54.8 Å². The SMILES string of the molecule is Fc1ccc(-c2ncn(C3CCCCC3)c2-c2ccnc(NCc3cccnc3)n2)cc1. The molecular weight excluding hydrogens is 403 g/mol. The third-order valence-corrected chi connectivity index (χ3v) is 5.95. The molecule has 5 rings (SSSR count). The van der Waals surface area contributed by atoms with Crippen LogP contribution in [0.25, 0.3) is 22.6 Å². The Morgan fingerprint density at radius 1 is 0.969 bits per heavy atom. The van der Waals surface area contributed by atoms with E-state index in [0.717, 1.165) is 41.1 Å². The van der Waals surface area contributed by atoms with E-state index in [9.17, 15) is 4.39 Å². The molecule has 0 bridgehead atoms. The fourth-order valence-corrected chi connectivity index (χ4v) is 4.33. The van der Waals surface area contributed by atoms with Gasteiger partial charge in [-0.2, -0.15) is 0 Å². The summed E-state index contributed by atoms with van der Waals surface area (Å²) < 4.78 is 15.8. The van der Waals surface area contributed by atoms with Gasteiger partial charge in [-0.25, -0.2) is 19.3 Å². The van der Waals surface area contributed by atoms with Gasteiger partial charge in [0.1, 0.15) is 5.82 Å². The van der Waals surface area contributed by atoms with Gasteiger partial charge in [-0.15, -0.1) is 0 Å². The first-order valence-electron chi connectivity index (χ1n) is 11.1. The number of rotatable bonds is 6. The molecule has 0 radical (unpaired) electrons. The number of anilines is 1. The predicted molar refractivity (Wildman–Crippen MR) is 122 cm³/mol. The molecule has 7 heteroatoms. The lowest BCUT2D eigenvalue weighted by atomic mass is 9.95. The first-order chi connectivity index (χ1) is 15.8. The van der Waals surface area contributed by atoms with Gasteiger partial charge < -0.3 is 9.88 Å². The Labute approximate surface area is 186 Å². The number of benzene rings is 1. The highest BCUT2D eigenvalue weighted by atomic mass is 19.1. The first-order valence-corrected chi connectivity index (χ1v) is 11.1. The molecule has 32 heavy (non-hydrogen) atoms. The van der Waals surface area contributed by atoms with Crippen molar-refractivity contribution in [1.29, 1.82) is 0 Å². The Balaban J connectivity index is 1.52. The molecule has 1 aliphatic rings. The summed E-state index contributed by atoms with van der Waals surface area (Å²) in [5.41, 5.74) is 4.50. The summed E-state index contributed by atoms with van der Waals surface area (Å²) in [6.45, 7) is 0.587. The van der Waals surface area contributed by atoms with Crippen molar-refractivity contribution in [3.63, 3.8) is 0 Å². The van der Waals surface area contributed by atoms with E-state index in [2.05, 4.69) is 19.9 Å². The number of imidazole rings is 1. The second-order valence-electron chi connectivity index (χ2n) is 8.13. The number of nitrogens with one attached hydrogen (secondary N) is 1. The van der Waals surface area contributed by atoms with Gasteiger partial charge in [-0.1, -0.05) is 25.3 Å². The van der Waals surface area contributed by atoms with Crippen LogP contribution in [0.2, 0.25) is 0 Å². The van der Waals surface area contributed by atoms with E-state index in [1.54, 1.807) is 24.5 Å². The van der Waals surface area contributed by atoms with Crippen LogP contribution in [0.1, 0.15) is 43.7 Å². The molecule has 0 saturated heterocycles. The van der Waals surface area contributed by atoms with Crippen molar-refractivity contribution < 1.29 is 4.39 Å². The Morgan fingerprint density at radius 3 is 2.59 bits per heavy atom. The topological polar surface area (TPSA) is 68.5 Å². The third kappa shape index (κ3) is 4.37. The summed E-state index contributed by atoms with van der Waals surface area (Å²) >= 11 is 0. The van der Waals surface area contributed by atoms with Gasteiger partial charge in [0.25, 0.3) is 0 Å². The smallest absolute Gasteiger partial charge is 0.223 e. The molecule has 0 atom stereocenters. The lowest BCUT2D eigenvalue weighted by Gasteiger charge is -2.25. The molecule has 0 spiro atoms. The van der Waals surface area contributed by atoms with Crippen molar-refractivity contribution in [2.24, 2.45) is 0 Å². The molecule has 1 fully saturated rings. The van der Waals surface area contributed by atoms with Crippen LogP contribution in [-0.4, -0.2) is 24.5 Å². The average molecular weight is 429 g/mol. The van der Waals surface area contributed by atoms with Crippen LogP contribution in [0.3, 0.4) is 0 Å². The third-order valence-electron chi connectivity index (χ3n) is 5.95. The molecule has 0 amide bonds. The zero-order valence-electron chi connectivity index (χ0n) is 17.8. The Kier molecular flexibility index (Phi) is 5.87. The van der Waals surface area contributed by atoms with Gasteiger partial charge in [-0.3, -0.25) is 4.98 Å². The maximum Gasteiger partial charge on any atom is 0.223 e. The van der Waals surface area contributed by atoms with Crippen LogP contribution in [0.4, 0.5) is 10.3 Å². The molecule has 0 unspecified atom stereocenters. The largest absolute Gasteiger partial charge is 0.350 e. The van der Waals surface area contributed by atoms with Crippen LogP contribution in [-0.2, 0) is 6.54 Å². The molecule has 0 aliphatic heterocycles. The molecule has 1 saturated carbocycles. The lowest BCUT2D eigenvalue weighted by molar-refractivity contribution is 0.355. The highest BCUT2D eigenvalue weighted by molar-refractivity contribution is 5.77. The van der Waals surface area contributed by atoms with Gasteiger partial charge in [0, 0.05) is 36.7 Å². The van der Waals surface area contributed by atoms with Gasteiger partial charge in [0.15, 0.2) is 0 Å². The van der Waals surface area contributed by atoms with Crippen molar-refractivity contribution in [2.45, 2.75) is 44.7 Å².